The van der Waals surface area contributed by atoms with Gasteiger partial charge in [-0.3, -0.25) is 9.89 Å². The maximum absolute atomic E-state index is 13.8. The van der Waals surface area contributed by atoms with Crippen LogP contribution >= 0.6 is 7.92 Å². The predicted octanol–water partition coefficient (Wildman–Crippen LogP) is 10.2. The van der Waals surface area contributed by atoms with Gasteiger partial charge in [-0.2, -0.15) is 0 Å². The minimum Gasteiger partial charge on any atom is -0.308 e. The molecule has 232 valence electrons. The van der Waals surface area contributed by atoms with Gasteiger partial charge in [0.15, 0.2) is 0 Å². The minimum atomic E-state index is -0.323. The zero-order valence-corrected chi connectivity index (χ0v) is 27.2. The van der Waals surface area contributed by atoms with Gasteiger partial charge in [0.05, 0.1) is 12.6 Å². The molecule has 0 bridgehead atoms. The number of aliphatic imine (C=N–C) groups is 1. The first kappa shape index (κ1) is 31.2. The number of nitrogens with one attached hydrogen (secondary N) is 1. The van der Waals surface area contributed by atoms with Crippen molar-refractivity contribution in [3.63, 3.8) is 0 Å². The molecule has 3 aliphatic rings. The van der Waals surface area contributed by atoms with E-state index in [0.717, 1.165) is 28.4 Å². The second-order valence-electron chi connectivity index (χ2n) is 12.4. The number of rotatable bonds is 6. The van der Waals surface area contributed by atoms with E-state index < -0.39 is 0 Å². The predicted molar refractivity (Wildman–Crippen MR) is 191 cm³/mol. The lowest BCUT2D eigenvalue weighted by molar-refractivity contribution is 0.235. The molecule has 1 aliphatic heterocycles. The highest BCUT2D eigenvalue weighted by Crippen LogP contribution is 2.55. The summed E-state index contributed by atoms with van der Waals surface area (Å²) >= 11 is 0. The van der Waals surface area contributed by atoms with Gasteiger partial charge in [0, 0.05) is 11.3 Å². The second-order valence-corrected chi connectivity index (χ2v) is 15.2. The number of anilines is 1. The van der Waals surface area contributed by atoms with Crippen LogP contribution in [0.15, 0.2) is 126 Å². The van der Waals surface area contributed by atoms with E-state index in [2.05, 4.69) is 53.8 Å². The number of hydrogen-bond donors (Lipinski definition) is 1. The first-order chi connectivity index (χ1) is 22.3. The highest BCUT2D eigenvalue weighted by molar-refractivity contribution is 7.67. The topological polar surface area (TPSA) is 44.7 Å². The van der Waals surface area contributed by atoms with Crippen LogP contribution in [0.1, 0.15) is 81.4 Å². The van der Waals surface area contributed by atoms with E-state index in [-0.39, 0.29) is 20.0 Å². The quantitative estimate of drug-likeness (QED) is 0.216. The van der Waals surface area contributed by atoms with Crippen LogP contribution in [0, 0.1) is 0 Å². The van der Waals surface area contributed by atoms with Crippen molar-refractivity contribution in [1.82, 2.24) is 4.90 Å². The standard InChI is InChI=1S/C34H40N3OP.C6H6/c38-34(35-27-17-7-2-8-18-27)37-25-31(26-15-5-1-6-16-26)36-33(37)30-23-13-14-24-32(30)39(28-19-9-3-10-20-28)29-21-11-4-12-22-29;1-2-4-6-5-3-1/h1-2,5-8,13-18,23-24,28-29,31H,3-4,9-12,19-22,25H2,(H,35,38);1-6H. The number of hydrogen-bond acceptors (Lipinski definition) is 2. The van der Waals surface area contributed by atoms with Gasteiger partial charge < -0.3 is 5.32 Å². The van der Waals surface area contributed by atoms with Crippen LogP contribution in [0.25, 0.3) is 0 Å². The third-order valence-corrected chi connectivity index (χ3v) is 12.9. The molecule has 2 fully saturated rings. The molecular formula is C40H46N3OP. The zero-order valence-electron chi connectivity index (χ0n) is 26.3. The number of amides is 2. The van der Waals surface area contributed by atoms with Gasteiger partial charge >= 0.3 is 6.03 Å². The van der Waals surface area contributed by atoms with E-state index in [1.807, 2.05) is 77.7 Å². The Balaban J connectivity index is 0.000000535. The van der Waals surface area contributed by atoms with Crippen LogP contribution in [0.4, 0.5) is 10.5 Å². The van der Waals surface area contributed by atoms with Crippen molar-refractivity contribution in [3.05, 3.63) is 132 Å². The average molecular weight is 616 g/mol. The Kier molecular flexibility index (Phi) is 11.1. The fourth-order valence-electron chi connectivity index (χ4n) is 7.16. The first-order valence-corrected chi connectivity index (χ1v) is 18.4. The number of nitrogens with zero attached hydrogens (tertiary/aromatic N) is 2. The molecule has 0 saturated heterocycles. The van der Waals surface area contributed by atoms with Crippen molar-refractivity contribution in [1.29, 1.82) is 0 Å². The Morgan fingerprint density at radius 3 is 1.69 bits per heavy atom. The fraction of sp³-hybridized carbons (Fsp3) is 0.350. The van der Waals surface area contributed by atoms with Gasteiger partial charge in [-0.15, -0.1) is 0 Å². The summed E-state index contributed by atoms with van der Waals surface area (Å²) in [5.41, 5.74) is 4.73. The maximum atomic E-state index is 13.8. The summed E-state index contributed by atoms with van der Waals surface area (Å²) < 4.78 is 0. The lowest BCUT2D eigenvalue weighted by Gasteiger charge is -2.39. The number of urea groups is 1. The number of amidine groups is 1. The van der Waals surface area contributed by atoms with Gasteiger partial charge in [0.2, 0.25) is 0 Å². The summed E-state index contributed by atoms with van der Waals surface area (Å²) in [5, 5.41) is 4.63. The van der Waals surface area contributed by atoms with Gasteiger partial charge in [-0.05, 0) is 60.0 Å². The Morgan fingerprint density at radius 2 is 1.11 bits per heavy atom. The van der Waals surface area contributed by atoms with Gasteiger partial charge in [0.25, 0.3) is 0 Å². The van der Waals surface area contributed by atoms with Crippen molar-refractivity contribution in [2.75, 3.05) is 11.9 Å². The third kappa shape index (κ3) is 8.10. The normalized spacial score (nSPS) is 19.0. The summed E-state index contributed by atoms with van der Waals surface area (Å²) in [6, 6.07) is 41.0. The van der Waals surface area contributed by atoms with Crippen molar-refractivity contribution < 1.29 is 4.79 Å². The molecule has 4 aromatic carbocycles. The van der Waals surface area contributed by atoms with E-state index in [1.54, 1.807) is 0 Å². The molecule has 45 heavy (non-hydrogen) atoms. The number of carbonyl (C=O) groups is 1. The van der Waals surface area contributed by atoms with E-state index >= 15 is 0 Å². The Morgan fingerprint density at radius 1 is 0.622 bits per heavy atom. The van der Waals surface area contributed by atoms with Crippen molar-refractivity contribution in [2.45, 2.75) is 81.6 Å². The molecule has 5 heteroatoms. The third-order valence-electron chi connectivity index (χ3n) is 9.37. The lowest BCUT2D eigenvalue weighted by atomic mass is 9.99. The van der Waals surface area contributed by atoms with Crippen molar-refractivity contribution in [3.8, 4) is 0 Å². The van der Waals surface area contributed by atoms with Crippen LogP contribution in [0.5, 0.6) is 0 Å². The van der Waals surface area contributed by atoms with Crippen LogP contribution in [-0.2, 0) is 0 Å². The maximum Gasteiger partial charge on any atom is 0.327 e. The summed E-state index contributed by atoms with van der Waals surface area (Å²) in [6.45, 7) is 0.553. The minimum absolute atomic E-state index is 0.0635. The molecular weight excluding hydrogens is 569 g/mol. The summed E-state index contributed by atoms with van der Waals surface area (Å²) in [6.07, 6.45) is 13.6. The SMILES string of the molecule is O=C(Nc1ccccc1)N1CC(c2ccccc2)N=C1c1ccccc1P(C1CCCCC1)C1CCCCC1.c1ccccc1. The van der Waals surface area contributed by atoms with Gasteiger partial charge in [-0.1, -0.05) is 156 Å². The molecule has 1 N–H and O–H groups in total. The molecule has 2 amide bonds. The van der Waals surface area contributed by atoms with Gasteiger partial charge in [-0.25, -0.2) is 4.79 Å². The highest BCUT2D eigenvalue weighted by atomic mass is 31.1. The zero-order chi connectivity index (χ0) is 30.7. The molecule has 7 rings (SSSR count). The summed E-state index contributed by atoms with van der Waals surface area (Å²) in [5.74, 6) is 0.840. The number of para-hydroxylation sites is 1. The number of benzene rings is 4. The van der Waals surface area contributed by atoms with E-state index in [1.165, 1.54) is 75.1 Å². The summed E-state index contributed by atoms with van der Waals surface area (Å²) in [7, 11) is -0.323. The highest BCUT2D eigenvalue weighted by Gasteiger charge is 2.37. The molecule has 4 aromatic rings. The van der Waals surface area contributed by atoms with Crippen molar-refractivity contribution >= 4 is 30.8 Å². The average Bonchev–Trinajstić information content (AvgIpc) is 3.57. The van der Waals surface area contributed by atoms with Crippen molar-refractivity contribution in [2.24, 2.45) is 4.99 Å². The fourth-order valence-corrected chi connectivity index (χ4v) is 11.1. The summed E-state index contributed by atoms with van der Waals surface area (Å²) in [4.78, 5) is 21.0. The monoisotopic (exact) mass is 615 g/mol. The van der Waals surface area contributed by atoms with E-state index in [4.69, 9.17) is 4.99 Å². The Labute approximate surface area is 270 Å². The smallest absolute Gasteiger partial charge is 0.308 e. The Hall–Kier alpha value is -3.75. The molecule has 0 radical (unpaired) electrons. The van der Waals surface area contributed by atoms with Crippen LogP contribution in [-0.4, -0.2) is 34.6 Å². The van der Waals surface area contributed by atoms with Crippen LogP contribution < -0.4 is 10.6 Å². The number of carbonyl (C=O) groups excluding carboxylic acids is 1. The molecule has 2 saturated carbocycles. The van der Waals surface area contributed by atoms with E-state index in [0.29, 0.717) is 6.54 Å². The van der Waals surface area contributed by atoms with Gasteiger partial charge in [0.1, 0.15) is 5.84 Å². The largest absolute Gasteiger partial charge is 0.327 e. The molecule has 1 heterocycles. The van der Waals surface area contributed by atoms with Crippen LogP contribution in [0.2, 0.25) is 0 Å². The molecule has 0 spiro atoms. The Bertz CT molecular complexity index is 1450. The molecule has 4 nitrogen and oxygen atoms in total. The van der Waals surface area contributed by atoms with E-state index in [9.17, 15) is 4.79 Å². The second kappa shape index (κ2) is 16.0. The van der Waals surface area contributed by atoms with Crippen LogP contribution in [0.3, 0.4) is 0 Å². The molecule has 1 unspecified atom stereocenters. The molecule has 0 aromatic heterocycles. The first-order valence-electron chi connectivity index (χ1n) is 16.9. The lowest BCUT2D eigenvalue weighted by Crippen LogP contribution is -2.40. The molecule has 2 aliphatic carbocycles. The molecule has 1 atom stereocenters.